The monoisotopic (exact) mass is 324 g/mol. The minimum absolute atomic E-state index is 0.263. The minimum Gasteiger partial charge on any atom is -0.287 e. The molecular formula is C14H14Cl2N4O. The number of nitrogens with zero attached hydrogens (tertiary/aromatic N) is 4. The number of hydrogen-bond donors (Lipinski definition) is 0. The summed E-state index contributed by atoms with van der Waals surface area (Å²) in [6.45, 7) is 1.83. The molecule has 0 radical (unpaired) electrons. The maximum Gasteiger partial charge on any atom is 0.330 e. The summed E-state index contributed by atoms with van der Waals surface area (Å²) in [5.74, 6) is 0. The molecule has 5 nitrogen and oxygen atoms in total. The molecule has 1 aromatic heterocycles. The molecule has 0 fully saturated rings. The standard InChI is InChI=1S/C14H14Cl2N4O/c1-9(10-4-6-11(15)7-5-10)17-18-13-8-12(16)19(2)14(21)20(13)3/h4-8H,1-3H3. The van der Waals surface area contributed by atoms with Gasteiger partial charge in [0.1, 0.15) is 5.15 Å². The van der Waals surface area contributed by atoms with Crippen LogP contribution < -0.4 is 11.2 Å². The zero-order valence-corrected chi connectivity index (χ0v) is 13.4. The first-order valence-electron chi connectivity index (χ1n) is 6.17. The maximum absolute atomic E-state index is 11.9. The summed E-state index contributed by atoms with van der Waals surface area (Å²) >= 11 is 11.8. The SMILES string of the molecule is CC(=NN=c1cc(Cl)n(C)c(=O)n1C)c1ccc(Cl)cc1. The minimum atomic E-state index is -0.263. The fourth-order valence-corrected chi connectivity index (χ4v) is 1.98. The van der Waals surface area contributed by atoms with Gasteiger partial charge < -0.3 is 0 Å². The van der Waals surface area contributed by atoms with E-state index in [2.05, 4.69) is 10.2 Å². The molecule has 2 rings (SSSR count). The highest BCUT2D eigenvalue weighted by Crippen LogP contribution is 2.10. The fourth-order valence-electron chi connectivity index (χ4n) is 1.69. The van der Waals surface area contributed by atoms with Gasteiger partial charge in [-0.05, 0) is 24.6 Å². The maximum atomic E-state index is 11.9. The zero-order chi connectivity index (χ0) is 15.6. The second-order valence-corrected chi connectivity index (χ2v) is 5.34. The third-order valence-electron chi connectivity index (χ3n) is 3.05. The van der Waals surface area contributed by atoms with Crippen LogP contribution in [0.2, 0.25) is 10.2 Å². The summed E-state index contributed by atoms with van der Waals surface area (Å²) in [5, 5.41) is 9.19. The van der Waals surface area contributed by atoms with Crippen molar-refractivity contribution in [3.05, 3.63) is 62.0 Å². The van der Waals surface area contributed by atoms with Gasteiger partial charge in [-0.25, -0.2) is 4.79 Å². The van der Waals surface area contributed by atoms with Crippen LogP contribution in [0.25, 0.3) is 0 Å². The lowest BCUT2D eigenvalue weighted by Gasteiger charge is -2.04. The first-order valence-corrected chi connectivity index (χ1v) is 6.92. The first kappa shape index (κ1) is 15.5. The molecule has 110 valence electrons. The Morgan fingerprint density at radius 3 is 2.33 bits per heavy atom. The van der Waals surface area contributed by atoms with Gasteiger partial charge >= 0.3 is 5.69 Å². The van der Waals surface area contributed by atoms with Crippen molar-refractivity contribution in [1.82, 2.24) is 9.13 Å². The molecule has 7 heteroatoms. The molecule has 0 bridgehead atoms. The summed E-state index contributed by atoms with van der Waals surface area (Å²) in [7, 11) is 3.21. The average Bonchev–Trinajstić information content (AvgIpc) is 2.48. The predicted molar refractivity (Wildman–Crippen MR) is 84.9 cm³/mol. The predicted octanol–water partition coefficient (Wildman–Crippen LogP) is 2.36. The van der Waals surface area contributed by atoms with Crippen molar-refractivity contribution in [2.75, 3.05) is 0 Å². The Morgan fingerprint density at radius 2 is 1.71 bits per heavy atom. The van der Waals surface area contributed by atoms with Crippen LogP contribution in [-0.4, -0.2) is 14.8 Å². The third kappa shape index (κ3) is 3.43. The molecular weight excluding hydrogens is 311 g/mol. The van der Waals surface area contributed by atoms with Crippen LogP contribution in [0.3, 0.4) is 0 Å². The molecule has 0 spiro atoms. The van der Waals surface area contributed by atoms with Crippen molar-refractivity contribution < 1.29 is 0 Å². The van der Waals surface area contributed by atoms with Gasteiger partial charge in [0.05, 0.1) is 5.71 Å². The lowest BCUT2D eigenvalue weighted by Crippen LogP contribution is -2.37. The molecule has 1 heterocycles. The Kier molecular flexibility index (Phi) is 4.65. The van der Waals surface area contributed by atoms with E-state index < -0.39 is 0 Å². The van der Waals surface area contributed by atoms with Gasteiger partial charge in [0.15, 0.2) is 5.49 Å². The summed E-state index contributed by atoms with van der Waals surface area (Å²) in [6.07, 6.45) is 0. The normalized spacial score (nSPS) is 12.8. The van der Waals surface area contributed by atoms with Crippen LogP contribution in [0.15, 0.2) is 45.3 Å². The highest BCUT2D eigenvalue weighted by Gasteiger charge is 2.02. The van der Waals surface area contributed by atoms with Crippen LogP contribution in [0.5, 0.6) is 0 Å². The Bertz CT molecular complexity index is 816. The van der Waals surface area contributed by atoms with Gasteiger partial charge in [0, 0.05) is 25.2 Å². The first-order chi connectivity index (χ1) is 9.90. The Hall–Kier alpha value is -1.85. The lowest BCUT2D eigenvalue weighted by molar-refractivity contribution is 0.670. The number of rotatable bonds is 2. The van der Waals surface area contributed by atoms with E-state index in [9.17, 15) is 4.79 Å². The molecule has 0 aliphatic rings. The lowest BCUT2D eigenvalue weighted by atomic mass is 10.1. The van der Waals surface area contributed by atoms with Crippen molar-refractivity contribution >= 4 is 28.9 Å². The van der Waals surface area contributed by atoms with Gasteiger partial charge in [-0.15, -0.1) is 5.10 Å². The van der Waals surface area contributed by atoms with E-state index in [1.807, 2.05) is 19.1 Å². The van der Waals surface area contributed by atoms with Crippen molar-refractivity contribution in [3.8, 4) is 0 Å². The van der Waals surface area contributed by atoms with Crippen LogP contribution in [0.1, 0.15) is 12.5 Å². The van der Waals surface area contributed by atoms with Crippen molar-refractivity contribution in [3.63, 3.8) is 0 Å². The van der Waals surface area contributed by atoms with E-state index in [1.165, 1.54) is 9.13 Å². The van der Waals surface area contributed by atoms with Crippen LogP contribution >= 0.6 is 23.2 Å². The van der Waals surface area contributed by atoms with Gasteiger partial charge in [-0.1, -0.05) is 35.3 Å². The highest BCUT2D eigenvalue weighted by molar-refractivity contribution is 6.30. The van der Waals surface area contributed by atoms with E-state index >= 15 is 0 Å². The molecule has 0 unspecified atom stereocenters. The highest BCUT2D eigenvalue weighted by atomic mass is 35.5. The Balaban J connectivity index is 2.48. The van der Waals surface area contributed by atoms with Crippen molar-refractivity contribution in [2.45, 2.75) is 6.92 Å². The molecule has 21 heavy (non-hydrogen) atoms. The van der Waals surface area contributed by atoms with Crippen LogP contribution in [0, 0.1) is 0 Å². The molecule has 1 aromatic carbocycles. The molecule has 0 saturated carbocycles. The summed E-state index contributed by atoms with van der Waals surface area (Å²) in [6, 6.07) is 8.86. The number of hydrogen-bond acceptors (Lipinski definition) is 3. The van der Waals surface area contributed by atoms with Gasteiger partial charge in [-0.2, -0.15) is 5.10 Å². The van der Waals surface area contributed by atoms with E-state index in [-0.39, 0.29) is 5.69 Å². The van der Waals surface area contributed by atoms with Gasteiger partial charge in [0.25, 0.3) is 0 Å². The topological polar surface area (TPSA) is 51.6 Å². The Morgan fingerprint density at radius 1 is 1.10 bits per heavy atom. The second-order valence-electron chi connectivity index (χ2n) is 4.52. The van der Waals surface area contributed by atoms with E-state index in [4.69, 9.17) is 23.2 Å². The molecule has 0 N–H and O–H groups in total. The fraction of sp³-hybridized carbons (Fsp3) is 0.214. The summed E-state index contributed by atoms with van der Waals surface area (Å²) in [4.78, 5) is 11.9. The van der Waals surface area contributed by atoms with E-state index in [0.717, 1.165) is 5.56 Å². The summed E-state index contributed by atoms with van der Waals surface area (Å²) < 4.78 is 2.71. The third-order valence-corrected chi connectivity index (χ3v) is 3.67. The average molecular weight is 325 g/mol. The number of halogens is 2. The van der Waals surface area contributed by atoms with Gasteiger partial charge in [-0.3, -0.25) is 9.13 Å². The Labute approximate surface area is 131 Å². The van der Waals surface area contributed by atoms with Crippen molar-refractivity contribution in [2.24, 2.45) is 24.3 Å². The smallest absolute Gasteiger partial charge is 0.287 e. The number of benzene rings is 1. The molecule has 0 aliphatic carbocycles. The van der Waals surface area contributed by atoms with Crippen molar-refractivity contribution in [1.29, 1.82) is 0 Å². The molecule has 0 amide bonds. The van der Waals surface area contributed by atoms with Gasteiger partial charge in [0.2, 0.25) is 0 Å². The largest absolute Gasteiger partial charge is 0.330 e. The number of aromatic nitrogens is 2. The summed E-state index contributed by atoms with van der Waals surface area (Å²) in [5.41, 5.74) is 1.74. The second kappa shape index (κ2) is 6.28. The molecule has 0 saturated heterocycles. The van der Waals surface area contributed by atoms with E-state index in [1.54, 1.807) is 32.3 Å². The zero-order valence-electron chi connectivity index (χ0n) is 11.8. The molecule has 0 atom stereocenters. The van der Waals surface area contributed by atoms with Crippen LogP contribution in [0.4, 0.5) is 0 Å². The van der Waals surface area contributed by atoms with Crippen LogP contribution in [-0.2, 0) is 14.1 Å². The molecule has 2 aromatic rings. The quantitative estimate of drug-likeness (QED) is 0.475. The molecule has 0 aliphatic heterocycles. The van der Waals surface area contributed by atoms with E-state index in [0.29, 0.717) is 21.4 Å².